The van der Waals surface area contributed by atoms with Gasteiger partial charge < -0.3 is 0 Å². The molecule has 0 aliphatic rings. The first-order chi connectivity index (χ1) is 7.79. The van der Waals surface area contributed by atoms with E-state index in [1.54, 1.807) is 23.5 Å². The largest absolute Gasteiger partial charge is 0.289 e. The molecule has 0 spiro atoms. The molecule has 1 aromatic rings. The molecule has 0 saturated heterocycles. The van der Waals surface area contributed by atoms with Crippen molar-refractivity contribution in [3.05, 3.63) is 46.9 Å². The summed E-state index contributed by atoms with van der Waals surface area (Å²) in [6.45, 7) is 2.09. The van der Waals surface area contributed by atoms with Crippen molar-refractivity contribution >= 4 is 29.3 Å². The lowest BCUT2D eigenvalue weighted by atomic mass is 10.1. The Balaban J connectivity index is 2.83. The molecule has 16 heavy (non-hydrogen) atoms. The van der Waals surface area contributed by atoms with Crippen LogP contribution in [0.15, 0.2) is 41.3 Å². The standard InChI is InChI=1S/C13H16OS2/c1-3-16-10-12(9-15-2)13(14)11-7-5-4-6-8-11/h4-8,10H,3,9H2,1-2H3/b12-10+. The molecule has 0 saturated carbocycles. The van der Waals surface area contributed by atoms with Gasteiger partial charge in [-0.05, 0) is 17.4 Å². The second-order valence-corrected chi connectivity index (χ2v) is 5.24. The van der Waals surface area contributed by atoms with Crippen molar-refractivity contribution in [2.75, 3.05) is 17.8 Å². The first-order valence-electron chi connectivity index (χ1n) is 5.19. The second-order valence-electron chi connectivity index (χ2n) is 3.23. The van der Waals surface area contributed by atoms with E-state index in [9.17, 15) is 4.79 Å². The molecule has 0 atom stereocenters. The Bertz CT molecular complexity index is 357. The fourth-order valence-electron chi connectivity index (χ4n) is 1.27. The lowest BCUT2D eigenvalue weighted by molar-refractivity contribution is 0.103. The predicted octanol–water partition coefficient (Wildman–Crippen LogP) is 3.87. The zero-order chi connectivity index (χ0) is 11.8. The molecule has 0 unspecified atom stereocenters. The van der Waals surface area contributed by atoms with Crippen molar-refractivity contribution in [1.29, 1.82) is 0 Å². The molecule has 0 aromatic heterocycles. The number of hydrogen-bond donors (Lipinski definition) is 0. The van der Waals surface area contributed by atoms with Crippen LogP contribution in [0.3, 0.4) is 0 Å². The minimum absolute atomic E-state index is 0.149. The second kappa shape index (κ2) is 7.58. The highest BCUT2D eigenvalue weighted by Gasteiger charge is 2.10. The van der Waals surface area contributed by atoms with E-state index in [1.165, 1.54) is 0 Å². The van der Waals surface area contributed by atoms with Crippen LogP contribution in [0.2, 0.25) is 0 Å². The SMILES string of the molecule is CCS/C=C(\CSC)C(=O)c1ccccc1. The summed E-state index contributed by atoms with van der Waals surface area (Å²) in [6, 6.07) is 9.46. The molecule has 0 amide bonds. The normalized spacial score (nSPS) is 11.5. The van der Waals surface area contributed by atoms with Crippen molar-refractivity contribution in [2.24, 2.45) is 0 Å². The summed E-state index contributed by atoms with van der Waals surface area (Å²) in [5.41, 5.74) is 1.67. The number of thioether (sulfide) groups is 2. The first-order valence-corrected chi connectivity index (χ1v) is 7.63. The molecule has 0 radical (unpaired) electrons. The van der Waals surface area contributed by atoms with Gasteiger partial charge in [-0.15, -0.1) is 11.8 Å². The topological polar surface area (TPSA) is 17.1 Å². The average molecular weight is 252 g/mol. The minimum atomic E-state index is 0.149. The van der Waals surface area contributed by atoms with Gasteiger partial charge in [-0.2, -0.15) is 11.8 Å². The third-order valence-electron chi connectivity index (χ3n) is 2.02. The molecule has 0 heterocycles. The van der Waals surface area contributed by atoms with Gasteiger partial charge in [0.15, 0.2) is 5.78 Å². The number of carbonyl (C=O) groups is 1. The van der Waals surface area contributed by atoms with Crippen LogP contribution in [0.25, 0.3) is 0 Å². The number of ketones is 1. The summed E-state index contributed by atoms with van der Waals surface area (Å²) in [5.74, 6) is 1.93. The third kappa shape index (κ3) is 4.06. The van der Waals surface area contributed by atoms with Gasteiger partial charge in [-0.3, -0.25) is 4.79 Å². The minimum Gasteiger partial charge on any atom is -0.289 e. The maximum absolute atomic E-state index is 12.1. The Morgan fingerprint density at radius 2 is 2.00 bits per heavy atom. The van der Waals surface area contributed by atoms with Gasteiger partial charge in [-0.1, -0.05) is 37.3 Å². The molecule has 86 valence electrons. The lowest BCUT2D eigenvalue weighted by Crippen LogP contribution is -2.05. The van der Waals surface area contributed by atoms with E-state index in [1.807, 2.05) is 42.0 Å². The summed E-state index contributed by atoms with van der Waals surface area (Å²) in [6.07, 6.45) is 2.02. The highest BCUT2D eigenvalue weighted by molar-refractivity contribution is 8.02. The Kier molecular flexibility index (Phi) is 6.34. The van der Waals surface area contributed by atoms with Gasteiger partial charge in [0.25, 0.3) is 0 Å². The summed E-state index contributed by atoms with van der Waals surface area (Å²) >= 11 is 3.36. The van der Waals surface area contributed by atoms with Crippen molar-refractivity contribution in [3.8, 4) is 0 Å². The van der Waals surface area contributed by atoms with Gasteiger partial charge in [-0.25, -0.2) is 0 Å². The van der Waals surface area contributed by atoms with Crippen LogP contribution in [-0.4, -0.2) is 23.5 Å². The lowest BCUT2D eigenvalue weighted by Gasteiger charge is -2.04. The molecule has 0 aliphatic carbocycles. The van der Waals surface area contributed by atoms with E-state index in [0.29, 0.717) is 0 Å². The summed E-state index contributed by atoms with van der Waals surface area (Å²) < 4.78 is 0. The van der Waals surface area contributed by atoms with Crippen molar-refractivity contribution in [3.63, 3.8) is 0 Å². The molecule has 0 N–H and O–H groups in total. The van der Waals surface area contributed by atoms with E-state index in [4.69, 9.17) is 0 Å². The quantitative estimate of drug-likeness (QED) is 0.565. The fourth-order valence-corrected chi connectivity index (χ4v) is 2.46. The first kappa shape index (κ1) is 13.4. The highest BCUT2D eigenvalue weighted by Crippen LogP contribution is 2.16. The van der Waals surface area contributed by atoms with E-state index in [-0.39, 0.29) is 5.78 Å². The maximum Gasteiger partial charge on any atom is 0.190 e. The summed E-state index contributed by atoms with van der Waals surface area (Å²) in [5, 5.41) is 1.99. The number of Topliss-reactive ketones (excluding diaryl/α,β-unsaturated/α-hetero) is 1. The monoisotopic (exact) mass is 252 g/mol. The zero-order valence-corrected chi connectivity index (χ0v) is 11.2. The number of benzene rings is 1. The van der Waals surface area contributed by atoms with Gasteiger partial charge >= 0.3 is 0 Å². The zero-order valence-electron chi connectivity index (χ0n) is 9.60. The van der Waals surface area contributed by atoms with Crippen LogP contribution in [0.5, 0.6) is 0 Å². The van der Waals surface area contributed by atoms with Crippen molar-refractivity contribution in [2.45, 2.75) is 6.92 Å². The van der Waals surface area contributed by atoms with Gasteiger partial charge in [0.2, 0.25) is 0 Å². The average Bonchev–Trinajstić information content (AvgIpc) is 2.35. The Hall–Kier alpha value is -0.670. The molecular weight excluding hydrogens is 236 g/mol. The summed E-state index contributed by atoms with van der Waals surface area (Å²) in [7, 11) is 0. The Morgan fingerprint density at radius 3 is 2.56 bits per heavy atom. The fraction of sp³-hybridized carbons (Fsp3) is 0.308. The number of hydrogen-bond acceptors (Lipinski definition) is 3. The maximum atomic E-state index is 12.1. The smallest absolute Gasteiger partial charge is 0.190 e. The highest BCUT2D eigenvalue weighted by atomic mass is 32.2. The Morgan fingerprint density at radius 1 is 1.31 bits per heavy atom. The van der Waals surface area contributed by atoms with E-state index >= 15 is 0 Å². The number of rotatable bonds is 6. The van der Waals surface area contributed by atoms with Crippen LogP contribution in [0, 0.1) is 0 Å². The molecular formula is C13H16OS2. The molecule has 0 fully saturated rings. The van der Waals surface area contributed by atoms with Crippen LogP contribution in [0.1, 0.15) is 17.3 Å². The van der Waals surface area contributed by atoms with Gasteiger partial charge in [0.1, 0.15) is 0 Å². The van der Waals surface area contributed by atoms with Gasteiger partial charge in [0.05, 0.1) is 0 Å². The van der Waals surface area contributed by atoms with Crippen molar-refractivity contribution < 1.29 is 4.79 Å². The Labute approximate surface area is 106 Å². The molecule has 1 aromatic carbocycles. The molecule has 3 heteroatoms. The van der Waals surface area contributed by atoms with E-state index < -0.39 is 0 Å². The predicted molar refractivity (Wildman–Crippen MR) is 75.4 cm³/mol. The molecule has 1 nitrogen and oxygen atoms in total. The van der Waals surface area contributed by atoms with Crippen LogP contribution < -0.4 is 0 Å². The molecule has 0 bridgehead atoms. The summed E-state index contributed by atoms with van der Waals surface area (Å²) in [4.78, 5) is 12.1. The van der Waals surface area contributed by atoms with E-state index in [2.05, 4.69) is 6.92 Å². The van der Waals surface area contributed by atoms with E-state index in [0.717, 1.165) is 22.6 Å². The van der Waals surface area contributed by atoms with Crippen LogP contribution in [0.4, 0.5) is 0 Å². The molecule has 0 aliphatic heterocycles. The number of carbonyl (C=O) groups excluding carboxylic acids is 1. The van der Waals surface area contributed by atoms with Gasteiger partial charge in [0, 0.05) is 16.9 Å². The van der Waals surface area contributed by atoms with Crippen LogP contribution in [-0.2, 0) is 0 Å². The van der Waals surface area contributed by atoms with Crippen LogP contribution >= 0.6 is 23.5 Å². The van der Waals surface area contributed by atoms with Crippen molar-refractivity contribution in [1.82, 2.24) is 0 Å². The molecule has 1 rings (SSSR count). The third-order valence-corrected chi connectivity index (χ3v) is 3.40.